The van der Waals surface area contributed by atoms with E-state index in [4.69, 9.17) is 0 Å². The lowest BCUT2D eigenvalue weighted by molar-refractivity contribution is 0.899. The number of nitrogens with zero attached hydrogens (tertiary/aromatic N) is 2. The molecule has 4 aromatic carbocycles. The summed E-state index contributed by atoms with van der Waals surface area (Å²) in [6, 6.07) is 28.2. The molecule has 0 radical (unpaired) electrons. The van der Waals surface area contributed by atoms with Gasteiger partial charge in [-0.2, -0.15) is 0 Å². The lowest BCUT2D eigenvalue weighted by Crippen LogP contribution is -2.33. The molecular weight excluding hydrogens is 468 g/mol. The molecule has 0 unspecified atom stereocenters. The Morgan fingerprint density at radius 1 is 0.486 bits per heavy atom. The Bertz CT molecular complexity index is 1880. The predicted octanol–water partition coefficient (Wildman–Crippen LogP) is 3.26. The molecule has 0 aliphatic carbocycles. The second-order valence-corrected chi connectivity index (χ2v) is 8.74. The lowest BCUT2D eigenvalue weighted by atomic mass is 10.0. The number of benzene rings is 4. The monoisotopic (exact) mass is 488 g/mol. The van der Waals surface area contributed by atoms with Crippen LogP contribution in [0.4, 0.5) is 0 Å². The lowest BCUT2D eigenvalue weighted by Gasteiger charge is -2.09. The van der Waals surface area contributed by atoms with Crippen LogP contribution in [0.2, 0.25) is 0 Å². The van der Waals surface area contributed by atoms with Gasteiger partial charge in [-0.15, -0.1) is 0 Å². The van der Waals surface area contributed by atoms with Gasteiger partial charge in [0.25, 0.3) is 11.1 Å². The zero-order chi connectivity index (χ0) is 25.5. The Hall–Kier alpha value is -5.24. The van der Waals surface area contributed by atoms with Crippen molar-refractivity contribution in [3.05, 3.63) is 150 Å². The SMILES string of the molecule is O=c1[nH]c2ccccc2c(=O)n1-c1ccc(Cc2ccc(-n3c(=O)[nH]c4ccccc4c3=O)cc2)cc1. The van der Waals surface area contributed by atoms with Crippen LogP contribution >= 0.6 is 0 Å². The molecule has 0 saturated carbocycles. The highest BCUT2D eigenvalue weighted by Gasteiger charge is 2.11. The van der Waals surface area contributed by atoms with Gasteiger partial charge in [0.15, 0.2) is 0 Å². The Balaban J connectivity index is 1.28. The van der Waals surface area contributed by atoms with Crippen molar-refractivity contribution in [1.82, 2.24) is 19.1 Å². The van der Waals surface area contributed by atoms with Gasteiger partial charge in [-0.3, -0.25) is 9.59 Å². The molecule has 8 nitrogen and oxygen atoms in total. The summed E-state index contributed by atoms with van der Waals surface area (Å²) in [6.07, 6.45) is 0.590. The molecule has 37 heavy (non-hydrogen) atoms. The summed E-state index contributed by atoms with van der Waals surface area (Å²) in [5, 5.41) is 0.881. The van der Waals surface area contributed by atoms with E-state index < -0.39 is 11.4 Å². The van der Waals surface area contributed by atoms with Gasteiger partial charge in [0.05, 0.1) is 33.2 Å². The zero-order valence-corrected chi connectivity index (χ0v) is 19.5. The van der Waals surface area contributed by atoms with Crippen LogP contribution in [0.3, 0.4) is 0 Å². The first-order chi connectivity index (χ1) is 18.0. The molecule has 0 spiro atoms. The number of hydrogen-bond donors (Lipinski definition) is 2. The minimum atomic E-state index is -0.494. The quantitative estimate of drug-likeness (QED) is 0.397. The van der Waals surface area contributed by atoms with Crippen LogP contribution in [0.5, 0.6) is 0 Å². The van der Waals surface area contributed by atoms with Crippen LogP contribution < -0.4 is 22.5 Å². The van der Waals surface area contributed by atoms with Gasteiger partial charge in [-0.25, -0.2) is 18.7 Å². The number of fused-ring (bicyclic) bond motifs is 2. The summed E-state index contributed by atoms with van der Waals surface area (Å²) in [4.78, 5) is 56.4. The molecule has 8 heteroatoms. The molecule has 2 aromatic heterocycles. The minimum absolute atomic E-state index is 0.374. The Labute approximate surface area is 208 Å². The third-order valence-corrected chi connectivity index (χ3v) is 6.41. The second kappa shape index (κ2) is 8.76. The van der Waals surface area contributed by atoms with Gasteiger partial charge >= 0.3 is 11.4 Å². The summed E-state index contributed by atoms with van der Waals surface area (Å²) < 4.78 is 2.25. The molecule has 0 bridgehead atoms. The Morgan fingerprint density at radius 2 is 0.865 bits per heavy atom. The van der Waals surface area contributed by atoms with Gasteiger partial charge in [-0.05, 0) is 66.1 Å². The molecule has 6 rings (SSSR count). The van der Waals surface area contributed by atoms with E-state index in [0.717, 1.165) is 20.3 Å². The number of nitrogens with one attached hydrogen (secondary N) is 2. The predicted molar refractivity (Wildman–Crippen MR) is 143 cm³/mol. The van der Waals surface area contributed by atoms with Crippen molar-refractivity contribution >= 4 is 21.8 Å². The number of para-hydroxylation sites is 2. The van der Waals surface area contributed by atoms with E-state index in [9.17, 15) is 19.2 Å². The molecule has 2 heterocycles. The molecule has 6 aromatic rings. The summed E-state index contributed by atoms with van der Waals surface area (Å²) in [7, 11) is 0. The highest BCUT2D eigenvalue weighted by molar-refractivity contribution is 5.78. The van der Waals surface area contributed by atoms with Crippen LogP contribution in [0.1, 0.15) is 11.1 Å². The van der Waals surface area contributed by atoms with Crippen molar-refractivity contribution in [2.75, 3.05) is 0 Å². The Morgan fingerprint density at radius 3 is 1.27 bits per heavy atom. The van der Waals surface area contributed by atoms with Crippen molar-refractivity contribution < 1.29 is 0 Å². The van der Waals surface area contributed by atoms with Crippen LogP contribution in [0, 0.1) is 0 Å². The highest BCUT2D eigenvalue weighted by atomic mass is 16.2. The van der Waals surface area contributed by atoms with Crippen LogP contribution in [0.25, 0.3) is 33.2 Å². The van der Waals surface area contributed by atoms with Gasteiger partial charge < -0.3 is 9.97 Å². The average molecular weight is 489 g/mol. The van der Waals surface area contributed by atoms with Gasteiger partial charge in [0.2, 0.25) is 0 Å². The third kappa shape index (κ3) is 3.90. The van der Waals surface area contributed by atoms with Crippen molar-refractivity contribution in [3.63, 3.8) is 0 Å². The van der Waals surface area contributed by atoms with E-state index in [1.807, 2.05) is 24.3 Å². The molecule has 2 N–H and O–H groups in total. The molecular formula is C29H20N4O4. The van der Waals surface area contributed by atoms with Crippen LogP contribution in [-0.2, 0) is 6.42 Å². The first kappa shape index (κ1) is 22.2. The minimum Gasteiger partial charge on any atom is -0.306 e. The average Bonchev–Trinajstić information content (AvgIpc) is 2.91. The van der Waals surface area contributed by atoms with Gasteiger partial charge in [0, 0.05) is 0 Å². The molecule has 0 aliphatic rings. The maximum Gasteiger partial charge on any atom is 0.333 e. The summed E-state index contributed by atoms with van der Waals surface area (Å²) in [5.41, 5.74) is 2.17. The molecule has 180 valence electrons. The maximum atomic E-state index is 12.9. The fourth-order valence-electron chi connectivity index (χ4n) is 4.56. The smallest absolute Gasteiger partial charge is 0.306 e. The fraction of sp³-hybridized carbons (Fsp3) is 0.0345. The van der Waals surface area contributed by atoms with Gasteiger partial charge in [0.1, 0.15) is 0 Å². The maximum absolute atomic E-state index is 12.9. The first-order valence-electron chi connectivity index (χ1n) is 11.7. The molecule has 0 atom stereocenters. The van der Waals surface area contributed by atoms with Crippen molar-refractivity contribution in [1.29, 1.82) is 0 Å². The molecule has 0 saturated heterocycles. The topological polar surface area (TPSA) is 110 Å². The second-order valence-electron chi connectivity index (χ2n) is 8.74. The molecule has 0 fully saturated rings. The zero-order valence-electron chi connectivity index (χ0n) is 19.5. The molecule has 0 aliphatic heterocycles. The van der Waals surface area contributed by atoms with Crippen LogP contribution in [-0.4, -0.2) is 19.1 Å². The first-order valence-corrected chi connectivity index (χ1v) is 11.7. The third-order valence-electron chi connectivity index (χ3n) is 6.41. The number of aromatic amines is 2. The van der Waals surface area contributed by atoms with E-state index in [1.165, 1.54) is 0 Å². The highest BCUT2D eigenvalue weighted by Crippen LogP contribution is 2.15. The van der Waals surface area contributed by atoms with E-state index in [1.54, 1.807) is 72.8 Å². The fourth-order valence-corrected chi connectivity index (χ4v) is 4.56. The van der Waals surface area contributed by atoms with Crippen molar-refractivity contribution in [2.45, 2.75) is 6.42 Å². The van der Waals surface area contributed by atoms with E-state index in [-0.39, 0.29) is 11.1 Å². The van der Waals surface area contributed by atoms with Crippen molar-refractivity contribution in [2.24, 2.45) is 0 Å². The number of H-pyrrole nitrogens is 2. The normalized spacial score (nSPS) is 11.2. The Kier molecular flexibility index (Phi) is 5.27. The number of rotatable bonds is 4. The van der Waals surface area contributed by atoms with Gasteiger partial charge in [-0.1, -0.05) is 48.5 Å². The van der Waals surface area contributed by atoms with E-state index in [0.29, 0.717) is 39.6 Å². The standard InChI is InChI=1S/C29H20N4O4/c34-26-22-5-1-3-7-24(22)30-28(36)32(26)20-13-9-18(10-14-20)17-19-11-15-21(16-12-19)33-27(35)23-6-2-4-8-25(23)31-29(33)37/h1-16H,17H2,(H,30,36)(H,31,37). The van der Waals surface area contributed by atoms with Crippen molar-refractivity contribution in [3.8, 4) is 11.4 Å². The number of aromatic nitrogens is 4. The summed E-state index contributed by atoms with van der Waals surface area (Å²) in [5.74, 6) is 0. The number of hydrogen-bond acceptors (Lipinski definition) is 4. The molecule has 0 amide bonds. The summed E-state index contributed by atoms with van der Waals surface area (Å²) >= 11 is 0. The van der Waals surface area contributed by atoms with Crippen LogP contribution in [0.15, 0.2) is 116 Å². The van der Waals surface area contributed by atoms with E-state index >= 15 is 0 Å². The largest absolute Gasteiger partial charge is 0.333 e. The summed E-state index contributed by atoms with van der Waals surface area (Å²) in [6.45, 7) is 0. The van der Waals surface area contributed by atoms with E-state index in [2.05, 4.69) is 9.97 Å².